The number of rotatable bonds is 7. The number of hydrogen-bond acceptors (Lipinski definition) is 4. The summed E-state index contributed by atoms with van der Waals surface area (Å²) >= 11 is 0. The van der Waals surface area contributed by atoms with Crippen molar-refractivity contribution < 1.29 is 14.1 Å². The molecule has 1 amide bonds. The first kappa shape index (κ1) is 21.6. The van der Waals surface area contributed by atoms with Gasteiger partial charge in [-0.15, -0.1) is 0 Å². The third-order valence-electron chi connectivity index (χ3n) is 5.81. The van der Waals surface area contributed by atoms with Crippen molar-refractivity contribution in [1.29, 1.82) is 0 Å². The smallest absolute Gasteiger partial charge is 0.269 e. The Morgan fingerprint density at radius 3 is 2.34 bits per heavy atom. The molecular formula is C25H24FN3O3. The molecule has 0 aliphatic carbocycles. The van der Waals surface area contributed by atoms with Gasteiger partial charge in [-0.2, -0.15) is 0 Å². The van der Waals surface area contributed by atoms with Crippen LogP contribution in [0, 0.1) is 15.9 Å². The van der Waals surface area contributed by atoms with Gasteiger partial charge in [0.2, 0.25) is 5.91 Å². The maximum Gasteiger partial charge on any atom is 0.269 e. The molecule has 0 radical (unpaired) electrons. The predicted octanol–water partition coefficient (Wildman–Crippen LogP) is 4.02. The van der Waals surface area contributed by atoms with Crippen molar-refractivity contribution in [1.82, 2.24) is 10.2 Å². The zero-order valence-electron chi connectivity index (χ0n) is 17.5. The fourth-order valence-electron chi connectivity index (χ4n) is 4.06. The Hall–Kier alpha value is -3.58. The van der Waals surface area contributed by atoms with Crippen LogP contribution in [-0.2, 0) is 30.7 Å². The van der Waals surface area contributed by atoms with Gasteiger partial charge in [-0.3, -0.25) is 19.8 Å². The summed E-state index contributed by atoms with van der Waals surface area (Å²) in [6.45, 7) is 1.61. The van der Waals surface area contributed by atoms with Gasteiger partial charge < -0.3 is 5.32 Å². The monoisotopic (exact) mass is 433 g/mol. The molecule has 1 aliphatic rings. The van der Waals surface area contributed by atoms with E-state index in [1.54, 1.807) is 24.3 Å². The molecule has 0 fully saturated rings. The fraction of sp³-hybridized carbons (Fsp3) is 0.240. The minimum absolute atomic E-state index is 0.0489. The van der Waals surface area contributed by atoms with Gasteiger partial charge in [0, 0.05) is 31.8 Å². The van der Waals surface area contributed by atoms with Crippen LogP contribution in [0.1, 0.15) is 22.3 Å². The average molecular weight is 433 g/mol. The Labute approximate surface area is 185 Å². The number of benzene rings is 3. The lowest BCUT2D eigenvalue weighted by atomic mass is 9.93. The Bertz CT molecular complexity index is 1100. The first-order chi connectivity index (χ1) is 15.5. The summed E-state index contributed by atoms with van der Waals surface area (Å²) in [7, 11) is 0. The van der Waals surface area contributed by atoms with E-state index < -0.39 is 4.92 Å². The summed E-state index contributed by atoms with van der Waals surface area (Å²) in [5, 5.41) is 13.9. The predicted molar refractivity (Wildman–Crippen MR) is 119 cm³/mol. The first-order valence-corrected chi connectivity index (χ1v) is 10.6. The van der Waals surface area contributed by atoms with Crippen molar-refractivity contribution in [3.63, 3.8) is 0 Å². The molecule has 3 aromatic carbocycles. The standard InChI is InChI=1S/C25H24FN3O3/c26-22-9-5-18(6-10-22)13-14-27-25(30)24-15-20-3-1-2-4-21(20)17-28(24)16-19-7-11-23(12-8-19)29(31)32/h1-12,24H,13-17H2,(H,27,30)/t24-/m0/s1. The van der Waals surface area contributed by atoms with E-state index in [-0.39, 0.29) is 23.5 Å². The second-order valence-corrected chi connectivity index (χ2v) is 7.98. The van der Waals surface area contributed by atoms with E-state index in [0.29, 0.717) is 32.5 Å². The molecule has 3 aromatic rings. The Kier molecular flexibility index (Phi) is 6.56. The Morgan fingerprint density at radius 2 is 1.66 bits per heavy atom. The lowest BCUT2D eigenvalue weighted by Gasteiger charge is -2.36. The zero-order chi connectivity index (χ0) is 22.5. The first-order valence-electron chi connectivity index (χ1n) is 10.6. The van der Waals surface area contributed by atoms with Crippen LogP contribution in [-0.4, -0.2) is 28.3 Å². The second kappa shape index (κ2) is 9.70. The van der Waals surface area contributed by atoms with Crippen LogP contribution >= 0.6 is 0 Å². The van der Waals surface area contributed by atoms with Crippen LogP contribution < -0.4 is 5.32 Å². The number of halogens is 1. The molecule has 164 valence electrons. The number of fused-ring (bicyclic) bond motifs is 1. The maximum absolute atomic E-state index is 13.1. The number of carbonyl (C=O) groups is 1. The van der Waals surface area contributed by atoms with E-state index >= 15 is 0 Å². The summed E-state index contributed by atoms with van der Waals surface area (Å²) in [5.74, 6) is -0.330. The number of non-ortho nitro benzene ring substituents is 1. The van der Waals surface area contributed by atoms with Crippen LogP contribution in [0.25, 0.3) is 0 Å². The molecule has 0 bridgehead atoms. The molecule has 1 N–H and O–H groups in total. The highest BCUT2D eigenvalue weighted by atomic mass is 19.1. The van der Waals surface area contributed by atoms with E-state index in [1.807, 2.05) is 12.1 Å². The number of nitro benzene ring substituents is 1. The van der Waals surface area contributed by atoms with Crippen LogP contribution in [0.15, 0.2) is 72.8 Å². The molecule has 0 saturated carbocycles. The minimum Gasteiger partial charge on any atom is -0.354 e. The summed E-state index contributed by atoms with van der Waals surface area (Å²) in [5.41, 5.74) is 4.27. The normalized spacial score (nSPS) is 15.7. The zero-order valence-corrected chi connectivity index (χ0v) is 17.5. The molecule has 1 atom stereocenters. The van der Waals surface area contributed by atoms with Gasteiger partial charge in [-0.05, 0) is 47.2 Å². The van der Waals surface area contributed by atoms with E-state index in [2.05, 4.69) is 22.3 Å². The number of nitro groups is 1. The van der Waals surface area contributed by atoms with Crippen molar-refractivity contribution in [2.75, 3.05) is 6.54 Å². The highest BCUT2D eigenvalue weighted by Crippen LogP contribution is 2.25. The summed E-state index contributed by atoms with van der Waals surface area (Å²) < 4.78 is 13.1. The van der Waals surface area contributed by atoms with Crippen molar-refractivity contribution in [2.24, 2.45) is 0 Å². The van der Waals surface area contributed by atoms with Crippen LogP contribution in [0.3, 0.4) is 0 Å². The third kappa shape index (κ3) is 5.18. The average Bonchev–Trinajstić information content (AvgIpc) is 2.80. The van der Waals surface area contributed by atoms with Gasteiger partial charge in [0.05, 0.1) is 11.0 Å². The molecule has 4 rings (SSSR count). The number of hydrogen-bond donors (Lipinski definition) is 1. The van der Waals surface area contributed by atoms with Gasteiger partial charge in [0.25, 0.3) is 5.69 Å². The molecule has 0 aromatic heterocycles. The molecule has 7 heteroatoms. The van der Waals surface area contributed by atoms with Gasteiger partial charge in [-0.1, -0.05) is 48.5 Å². The van der Waals surface area contributed by atoms with Gasteiger partial charge in [-0.25, -0.2) is 4.39 Å². The van der Waals surface area contributed by atoms with Crippen LogP contribution in [0.2, 0.25) is 0 Å². The van der Waals surface area contributed by atoms with Crippen LogP contribution in [0.4, 0.5) is 10.1 Å². The topological polar surface area (TPSA) is 75.5 Å². The highest BCUT2D eigenvalue weighted by Gasteiger charge is 2.31. The van der Waals surface area contributed by atoms with Gasteiger partial charge >= 0.3 is 0 Å². The number of nitrogens with zero attached hydrogens (tertiary/aromatic N) is 2. The largest absolute Gasteiger partial charge is 0.354 e. The molecule has 0 saturated heterocycles. The Morgan fingerprint density at radius 1 is 1.00 bits per heavy atom. The molecule has 6 nitrogen and oxygen atoms in total. The minimum atomic E-state index is -0.418. The van der Waals surface area contributed by atoms with Crippen molar-refractivity contribution in [3.05, 3.63) is 111 Å². The third-order valence-corrected chi connectivity index (χ3v) is 5.81. The Balaban J connectivity index is 1.45. The maximum atomic E-state index is 13.1. The van der Waals surface area contributed by atoms with E-state index in [1.165, 1.54) is 29.8 Å². The van der Waals surface area contributed by atoms with Gasteiger partial charge in [0.15, 0.2) is 0 Å². The lowest BCUT2D eigenvalue weighted by Crippen LogP contribution is -2.50. The van der Waals surface area contributed by atoms with Crippen LogP contribution in [0.5, 0.6) is 0 Å². The van der Waals surface area contributed by atoms with E-state index in [9.17, 15) is 19.3 Å². The van der Waals surface area contributed by atoms with Crippen molar-refractivity contribution >= 4 is 11.6 Å². The number of carbonyl (C=O) groups excluding carboxylic acids is 1. The number of amides is 1. The summed E-state index contributed by atoms with van der Waals surface area (Å²) in [4.78, 5) is 25.7. The molecule has 0 unspecified atom stereocenters. The van der Waals surface area contributed by atoms with Gasteiger partial charge in [0.1, 0.15) is 5.82 Å². The second-order valence-electron chi connectivity index (χ2n) is 7.98. The van der Waals surface area contributed by atoms with E-state index in [4.69, 9.17) is 0 Å². The van der Waals surface area contributed by atoms with Crippen molar-refractivity contribution in [2.45, 2.75) is 32.0 Å². The lowest BCUT2D eigenvalue weighted by molar-refractivity contribution is -0.384. The fourth-order valence-corrected chi connectivity index (χ4v) is 4.06. The molecule has 1 heterocycles. The van der Waals surface area contributed by atoms with E-state index in [0.717, 1.165) is 16.7 Å². The molecular weight excluding hydrogens is 409 g/mol. The molecule has 0 spiro atoms. The highest BCUT2D eigenvalue weighted by molar-refractivity contribution is 5.82. The van der Waals surface area contributed by atoms with Crippen molar-refractivity contribution in [3.8, 4) is 0 Å². The quantitative estimate of drug-likeness (QED) is 0.451. The summed E-state index contributed by atoms with van der Waals surface area (Å²) in [6, 6.07) is 20.5. The molecule has 1 aliphatic heterocycles. The summed E-state index contributed by atoms with van der Waals surface area (Å²) in [6.07, 6.45) is 1.23. The SMILES string of the molecule is O=C(NCCc1ccc(F)cc1)[C@@H]1Cc2ccccc2CN1Cc1ccc([N+](=O)[O-])cc1. The number of nitrogens with one attached hydrogen (secondary N) is 1. The molecule has 32 heavy (non-hydrogen) atoms.